The van der Waals surface area contributed by atoms with Crippen molar-refractivity contribution in [3.05, 3.63) is 52.0 Å². The molecule has 0 saturated carbocycles. The number of halogens is 4. The largest absolute Gasteiger partial charge is 0.417 e. The monoisotopic (exact) mass is 519 g/mol. The lowest BCUT2D eigenvalue weighted by Gasteiger charge is -2.49. The number of nitrogens with zero attached hydrogens (tertiary/aromatic N) is 7. The highest BCUT2D eigenvalue weighted by Crippen LogP contribution is 2.36. The van der Waals surface area contributed by atoms with Crippen molar-refractivity contribution in [2.75, 3.05) is 18.0 Å². The second-order valence-electron chi connectivity index (χ2n) is 9.38. The molecular weight excluding hydrogens is 490 g/mol. The van der Waals surface area contributed by atoms with Gasteiger partial charge in [0, 0.05) is 44.5 Å². The fraction of sp³-hybridized carbons (Fsp3) is 0.520. The van der Waals surface area contributed by atoms with Crippen LogP contribution < -0.4 is 10.5 Å². The van der Waals surface area contributed by atoms with Gasteiger partial charge in [-0.15, -0.1) is 0 Å². The molecule has 0 aromatic carbocycles. The molecule has 4 rings (SSSR count). The summed E-state index contributed by atoms with van der Waals surface area (Å²) in [6.07, 6.45) is -0.913. The summed E-state index contributed by atoms with van der Waals surface area (Å²) in [5.41, 5.74) is 0.561. The summed E-state index contributed by atoms with van der Waals surface area (Å²) in [6, 6.07) is 3.41. The van der Waals surface area contributed by atoms with Crippen molar-refractivity contribution in [2.24, 2.45) is 7.05 Å². The first-order valence-electron chi connectivity index (χ1n) is 12.2. The molecule has 0 amide bonds. The topological polar surface area (TPSA) is 83.0 Å². The Bertz CT molecular complexity index is 1390. The van der Waals surface area contributed by atoms with Crippen molar-refractivity contribution in [3.63, 3.8) is 0 Å². The SMILES string of the molecule is CC[C@H]1CN([C@@H](C)c2ncc(C(F)(F)F)cc2F)[C@H](CC)CN1c1cc(=O)n(C)c2cn(CC#N)nc12. The molecule has 0 spiro atoms. The summed E-state index contributed by atoms with van der Waals surface area (Å²) < 4.78 is 56.8. The number of rotatable bonds is 6. The van der Waals surface area contributed by atoms with E-state index < -0.39 is 23.6 Å². The molecule has 3 atom stereocenters. The van der Waals surface area contributed by atoms with Crippen LogP contribution in [0, 0.1) is 17.1 Å². The Balaban J connectivity index is 1.70. The lowest BCUT2D eigenvalue weighted by atomic mass is 9.98. The summed E-state index contributed by atoms with van der Waals surface area (Å²) in [4.78, 5) is 20.9. The van der Waals surface area contributed by atoms with Gasteiger partial charge in [0.25, 0.3) is 5.56 Å². The fourth-order valence-corrected chi connectivity index (χ4v) is 5.13. The Kier molecular flexibility index (Phi) is 7.28. The van der Waals surface area contributed by atoms with Crippen LogP contribution in [0.3, 0.4) is 0 Å². The Hall–Kier alpha value is -3.46. The lowest BCUT2D eigenvalue weighted by molar-refractivity contribution is -0.138. The Morgan fingerprint density at radius 3 is 2.49 bits per heavy atom. The van der Waals surface area contributed by atoms with Crippen molar-refractivity contribution in [2.45, 2.75) is 64.5 Å². The van der Waals surface area contributed by atoms with Gasteiger partial charge in [-0.05, 0) is 25.8 Å². The van der Waals surface area contributed by atoms with Gasteiger partial charge in [0.15, 0.2) is 0 Å². The van der Waals surface area contributed by atoms with Crippen molar-refractivity contribution >= 4 is 16.7 Å². The van der Waals surface area contributed by atoms with Crippen molar-refractivity contribution < 1.29 is 17.6 Å². The summed E-state index contributed by atoms with van der Waals surface area (Å²) in [6.45, 7) is 6.81. The van der Waals surface area contributed by atoms with Crippen LogP contribution in [-0.2, 0) is 19.8 Å². The van der Waals surface area contributed by atoms with Crippen molar-refractivity contribution in [3.8, 4) is 6.07 Å². The molecule has 12 heteroatoms. The molecule has 1 fully saturated rings. The minimum atomic E-state index is -4.67. The number of pyridine rings is 2. The van der Waals surface area contributed by atoms with Crippen LogP contribution >= 0.6 is 0 Å². The molecule has 0 radical (unpaired) electrons. The lowest BCUT2D eigenvalue weighted by Crippen LogP contribution is -2.59. The number of aromatic nitrogens is 4. The van der Waals surface area contributed by atoms with E-state index in [9.17, 15) is 22.4 Å². The molecule has 0 bridgehead atoms. The van der Waals surface area contributed by atoms with E-state index >= 15 is 0 Å². The van der Waals surface area contributed by atoms with Crippen LogP contribution in [0.4, 0.5) is 23.2 Å². The Morgan fingerprint density at radius 1 is 1.19 bits per heavy atom. The quantitative estimate of drug-likeness (QED) is 0.453. The van der Waals surface area contributed by atoms with Gasteiger partial charge in [0.2, 0.25) is 0 Å². The van der Waals surface area contributed by atoms with E-state index in [-0.39, 0.29) is 29.9 Å². The number of alkyl halides is 3. The first-order valence-corrected chi connectivity index (χ1v) is 12.2. The zero-order valence-corrected chi connectivity index (χ0v) is 21.1. The van der Waals surface area contributed by atoms with Gasteiger partial charge >= 0.3 is 6.18 Å². The molecular formula is C25H29F4N7O. The highest BCUT2D eigenvalue weighted by molar-refractivity contribution is 5.88. The third-order valence-corrected chi connectivity index (χ3v) is 7.25. The van der Waals surface area contributed by atoms with Crippen molar-refractivity contribution in [1.29, 1.82) is 5.26 Å². The standard InChI is InChI=1S/C25H29F4N7O/c1-5-17-13-36(20-10-22(37)33(4)21-14-34(8-7-30)32-24(20)21)18(6-2)12-35(17)15(3)23-19(26)9-16(11-31-23)25(27,28)29/h9-11,14-15,17-18H,5-6,8,12-13H2,1-4H3/t15-,17+,18-/m0/s1. The molecule has 1 saturated heterocycles. The zero-order chi connectivity index (χ0) is 27.1. The highest BCUT2D eigenvalue weighted by atomic mass is 19.4. The van der Waals surface area contributed by atoms with Gasteiger partial charge in [-0.25, -0.2) is 4.39 Å². The molecule has 198 valence electrons. The number of aryl methyl sites for hydroxylation is 1. The minimum absolute atomic E-state index is 0.0269. The van der Waals surface area contributed by atoms with Crippen LogP contribution in [-0.4, -0.2) is 49.4 Å². The molecule has 0 N–H and O–H groups in total. The van der Waals surface area contributed by atoms with E-state index in [0.717, 1.165) is 0 Å². The van der Waals surface area contributed by atoms with Crippen LogP contribution in [0.2, 0.25) is 0 Å². The molecule has 8 nitrogen and oxygen atoms in total. The molecule has 1 aliphatic rings. The molecule has 1 aliphatic heterocycles. The number of nitriles is 1. The molecule has 3 aromatic rings. The molecule has 0 aliphatic carbocycles. The van der Waals surface area contributed by atoms with Gasteiger partial charge in [0.1, 0.15) is 17.9 Å². The Labute approximate surface area is 211 Å². The summed E-state index contributed by atoms with van der Waals surface area (Å²) in [7, 11) is 1.66. The second-order valence-corrected chi connectivity index (χ2v) is 9.38. The number of hydrogen-bond acceptors (Lipinski definition) is 6. The molecule has 37 heavy (non-hydrogen) atoms. The fourth-order valence-electron chi connectivity index (χ4n) is 5.13. The van der Waals surface area contributed by atoms with Gasteiger partial charge in [-0.2, -0.15) is 23.5 Å². The van der Waals surface area contributed by atoms with Crippen LogP contribution in [0.15, 0.2) is 29.3 Å². The van der Waals surface area contributed by atoms with E-state index in [1.54, 1.807) is 26.2 Å². The Morgan fingerprint density at radius 2 is 1.89 bits per heavy atom. The molecule has 0 unspecified atom stereocenters. The average molecular weight is 520 g/mol. The third-order valence-electron chi connectivity index (χ3n) is 7.25. The summed E-state index contributed by atoms with van der Waals surface area (Å²) in [5, 5.41) is 13.7. The molecule has 4 heterocycles. The average Bonchev–Trinajstić information content (AvgIpc) is 3.28. The van der Waals surface area contributed by atoms with E-state index in [2.05, 4.69) is 26.0 Å². The van der Waals surface area contributed by atoms with E-state index in [1.807, 2.05) is 13.8 Å². The number of piperazine rings is 1. The third kappa shape index (κ3) is 4.92. The maximum Gasteiger partial charge on any atom is 0.417 e. The second kappa shape index (κ2) is 10.1. The van der Waals surface area contributed by atoms with Crippen molar-refractivity contribution in [1.82, 2.24) is 24.2 Å². The number of hydrogen-bond donors (Lipinski definition) is 0. The highest BCUT2D eigenvalue weighted by Gasteiger charge is 2.38. The van der Waals surface area contributed by atoms with Gasteiger partial charge in [-0.3, -0.25) is 19.4 Å². The maximum atomic E-state index is 14.8. The molecule has 3 aromatic heterocycles. The maximum absolute atomic E-state index is 14.8. The van der Waals surface area contributed by atoms with Gasteiger partial charge in [0.05, 0.1) is 40.8 Å². The van der Waals surface area contributed by atoms with Gasteiger partial charge in [-0.1, -0.05) is 13.8 Å². The van der Waals surface area contributed by atoms with Gasteiger partial charge < -0.3 is 9.47 Å². The van der Waals surface area contributed by atoms with E-state index in [0.29, 0.717) is 54.9 Å². The van der Waals surface area contributed by atoms with E-state index in [1.165, 1.54) is 9.25 Å². The number of anilines is 1. The van der Waals surface area contributed by atoms with Crippen LogP contribution in [0.1, 0.15) is 50.9 Å². The normalized spacial score (nSPS) is 19.8. The first kappa shape index (κ1) is 26.6. The smallest absolute Gasteiger partial charge is 0.364 e. The summed E-state index contributed by atoms with van der Waals surface area (Å²) in [5.74, 6) is -0.982. The van der Waals surface area contributed by atoms with Crippen LogP contribution in [0.25, 0.3) is 11.0 Å². The predicted molar refractivity (Wildman–Crippen MR) is 130 cm³/mol. The zero-order valence-electron chi connectivity index (χ0n) is 21.1. The van der Waals surface area contributed by atoms with E-state index in [4.69, 9.17) is 5.26 Å². The number of fused-ring (bicyclic) bond motifs is 1. The summed E-state index contributed by atoms with van der Waals surface area (Å²) >= 11 is 0. The van der Waals surface area contributed by atoms with Crippen LogP contribution in [0.5, 0.6) is 0 Å². The first-order chi connectivity index (χ1) is 17.5. The minimum Gasteiger partial charge on any atom is -0.364 e. The predicted octanol–water partition coefficient (Wildman–Crippen LogP) is 4.25.